The Morgan fingerprint density at radius 3 is 2.89 bits per heavy atom. The first-order valence-corrected chi connectivity index (χ1v) is 6.02. The first-order chi connectivity index (χ1) is 8.58. The highest BCUT2D eigenvalue weighted by atomic mass is 35.5. The maximum atomic E-state index is 10.5. The second-order valence-electron chi connectivity index (χ2n) is 4.23. The topological polar surface area (TPSA) is 53.7 Å². The quantitative estimate of drug-likeness (QED) is 0.905. The molecule has 1 aromatic heterocycles. The van der Waals surface area contributed by atoms with Gasteiger partial charge >= 0.3 is 5.97 Å². The van der Waals surface area contributed by atoms with Crippen LogP contribution in [-0.4, -0.2) is 29.6 Å². The van der Waals surface area contributed by atoms with Crippen LogP contribution in [-0.2, 0) is 11.3 Å². The average Bonchev–Trinajstić information content (AvgIpc) is 2.64. The Bertz CT molecular complexity index is 564. The predicted molar refractivity (Wildman–Crippen MR) is 69.8 cm³/mol. The van der Waals surface area contributed by atoms with Crippen LogP contribution in [0.25, 0.3) is 11.0 Å². The number of carboxylic acids is 1. The van der Waals surface area contributed by atoms with E-state index in [0.717, 1.165) is 16.5 Å². The van der Waals surface area contributed by atoms with Crippen LogP contribution in [0.1, 0.15) is 12.0 Å². The molecule has 0 amide bonds. The summed E-state index contributed by atoms with van der Waals surface area (Å²) >= 11 is 6.06. The number of furan rings is 1. The smallest absolute Gasteiger partial charge is 0.304 e. The van der Waals surface area contributed by atoms with Crippen molar-refractivity contribution in [2.24, 2.45) is 0 Å². The number of nitrogens with zero attached hydrogens (tertiary/aromatic N) is 1. The van der Waals surface area contributed by atoms with Gasteiger partial charge in [-0.15, -0.1) is 0 Å². The lowest BCUT2D eigenvalue weighted by Gasteiger charge is -2.14. The second-order valence-corrected chi connectivity index (χ2v) is 4.58. The fourth-order valence-corrected chi connectivity index (χ4v) is 2.10. The molecular weight excluding hydrogens is 254 g/mol. The van der Waals surface area contributed by atoms with Gasteiger partial charge in [0.15, 0.2) is 5.22 Å². The summed E-state index contributed by atoms with van der Waals surface area (Å²) in [5, 5.41) is 9.99. The van der Waals surface area contributed by atoms with Crippen LogP contribution in [0, 0.1) is 0 Å². The molecule has 0 aliphatic carbocycles. The lowest BCUT2D eigenvalue weighted by molar-refractivity contribution is -0.137. The zero-order valence-corrected chi connectivity index (χ0v) is 10.8. The zero-order chi connectivity index (χ0) is 13.1. The highest BCUT2D eigenvalue weighted by Gasteiger charge is 2.14. The number of rotatable bonds is 5. The van der Waals surface area contributed by atoms with Gasteiger partial charge < -0.3 is 14.4 Å². The molecule has 0 aliphatic heterocycles. The third-order valence-electron chi connectivity index (χ3n) is 2.78. The van der Waals surface area contributed by atoms with Crippen molar-refractivity contribution in [3.8, 4) is 0 Å². The minimum atomic E-state index is -0.801. The Morgan fingerprint density at radius 2 is 2.17 bits per heavy atom. The minimum absolute atomic E-state index is 0.115. The SMILES string of the molecule is CN(CCC(=O)O)Cc1c(Cl)oc2ccccc12. The van der Waals surface area contributed by atoms with Gasteiger partial charge in [-0.05, 0) is 24.7 Å². The standard InChI is InChI=1S/C13H14ClNO3/c1-15(7-6-12(16)17)8-10-9-4-2-3-5-11(9)18-13(10)14/h2-5H,6-8H2,1H3,(H,16,17). The number of hydrogen-bond donors (Lipinski definition) is 1. The summed E-state index contributed by atoms with van der Waals surface area (Å²) in [5.41, 5.74) is 1.66. The Balaban J connectivity index is 2.15. The van der Waals surface area contributed by atoms with Gasteiger partial charge in [0.2, 0.25) is 0 Å². The van der Waals surface area contributed by atoms with E-state index < -0.39 is 5.97 Å². The van der Waals surface area contributed by atoms with Crippen LogP contribution >= 0.6 is 11.6 Å². The summed E-state index contributed by atoms with van der Waals surface area (Å²) in [7, 11) is 1.86. The van der Waals surface area contributed by atoms with Gasteiger partial charge in [-0.1, -0.05) is 18.2 Å². The molecule has 0 spiro atoms. The molecule has 1 aromatic carbocycles. The van der Waals surface area contributed by atoms with Crippen molar-refractivity contribution in [2.45, 2.75) is 13.0 Å². The van der Waals surface area contributed by atoms with Crippen molar-refractivity contribution < 1.29 is 14.3 Å². The first-order valence-electron chi connectivity index (χ1n) is 5.64. The molecule has 18 heavy (non-hydrogen) atoms. The van der Waals surface area contributed by atoms with Gasteiger partial charge in [0.05, 0.1) is 6.42 Å². The van der Waals surface area contributed by atoms with Crippen molar-refractivity contribution in [3.63, 3.8) is 0 Å². The zero-order valence-electron chi connectivity index (χ0n) is 10.0. The number of aliphatic carboxylic acids is 1. The Morgan fingerprint density at radius 1 is 1.44 bits per heavy atom. The Hall–Kier alpha value is -1.52. The molecule has 96 valence electrons. The molecule has 1 heterocycles. The van der Waals surface area contributed by atoms with E-state index in [2.05, 4.69) is 0 Å². The van der Waals surface area contributed by atoms with Crippen molar-refractivity contribution in [3.05, 3.63) is 35.0 Å². The summed E-state index contributed by atoms with van der Waals surface area (Å²) in [4.78, 5) is 12.4. The maximum Gasteiger partial charge on any atom is 0.304 e. The van der Waals surface area contributed by atoms with E-state index in [1.165, 1.54) is 0 Å². The van der Waals surface area contributed by atoms with Crippen LogP contribution in [0.2, 0.25) is 5.22 Å². The van der Waals surface area contributed by atoms with E-state index in [0.29, 0.717) is 18.3 Å². The third kappa shape index (κ3) is 2.83. The van der Waals surface area contributed by atoms with Gasteiger partial charge in [0, 0.05) is 24.0 Å². The molecule has 0 saturated heterocycles. The number of hydrogen-bond acceptors (Lipinski definition) is 3. The number of carboxylic acid groups (broad SMARTS) is 1. The largest absolute Gasteiger partial charge is 0.481 e. The van der Waals surface area contributed by atoms with Gasteiger partial charge in [-0.3, -0.25) is 4.79 Å². The van der Waals surface area contributed by atoms with Crippen LogP contribution in [0.15, 0.2) is 28.7 Å². The summed E-state index contributed by atoms with van der Waals surface area (Å²) < 4.78 is 5.45. The highest BCUT2D eigenvalue weighted by Crippen LogP contribution is 2.30. The lowest BCUT2D eigenvalue weighted by atomic mass is 10.1. The van der Waals surface area contributed by atoms with Crippen molar-refractivity contribution in [1.29, 1.82) is 0 Å². The third-order valence-corrected chi connectivity index (χ3v) is 3.09. The molecule has 0 bridgehead atoms. The van der Waals surface area contributed by atoms with E-state index in [1.54, 1.807) is 0 Å². The van der Waals surface area contributed by atoms with Crippen LogP contribution < -0.4 is 0 Å². The van der Waals surface area contributed by atoms with E-state index in [1.807, 2.05) is 36.2 Å². The van der Waals surface area contributed by atoms with Gasteiger partial charge in [0.25, 0.3) is 0 Å². The van der Waals surface area contributed by atoms with E-state index in [4.69, 9.17) is 21.1 Å². The summed E-state index contributed by atoms with van der Waals surface area (Å²) in [6.07, 6.45) is 0.115. The van der Waals surface area contributed by atoms with Crippen LogP contribution in [0.3, 0.4) is 0 Å². The first kappa shape index (κ1) is 12.9. The highest BCUT2D eigenvalue weighted by molar-refractivity contribution is 6.30. The summed E-state index contributed by atoms with van der Waals surface area (Å²) in [5.74, 6) is -0.801. The number of carbonyl (C=O) groups is 1. The minimum Gasteiger partial charge on any atom is -0.481 e. The number of benzene rings is 1. The molecule has 0 unspecified atom stereocenters. The van der Waals surface area contributed by atoms with Crippen molar-refractivity contribution in [1.82, 2.24) is 4.90 Å². The molecular formula is C13H14ClNO3. The Kier molecular flexibility index (Phi) is 3.89. The second kappa shape index (κ2) is 5.42. The van der Waals surface area contributed by atoms with Crippen LogP contribution in [0.5, 0.6) is 0 Å². The van der Waals surface area contributed by atoms with Gasteiger partial charge in [-0.2, -0.15) is 0 Å². The number of para-hydroxylation sites is 1. The molecule has 0 aliphatic rings. The monoisotopic (exact) mass is 267 g/mol. The van der Waals surface area contributed by atoms with E-state index in [9.17, 15) is 4.79 Å². The Labute approximate surface area is 110 Å². The fourth-order valence-electron chi connectivity index (χ4n) is 1.85. The molecule has 0 atom stereocenters. The predicted octanol–water partition coefficient (Wildman–Crippen LogP) is 2.99. The van der Waals surface area contributed by atoms with Gasteiger partial charge in [0.1, 0.15) is 5.58 Å². The van der Waals surface area contributed by atoms with Crippen molar-refractivity contribution in [2.75, 3.05) is 13.6 Å². The van der Waals surface area contributed by atoms with Crippen LogP contribution in [0.4, 0.5) is 0 Å². The molecule has 0 fully saturated rings. The van der Waals surface area contributed by atoms with E-state index >= 15 is 0 Å². The maximum absolute atomic E-state index is 10.5. The number of halogens is 1. The molecule has 5 heteroatoms. The molecule has 2 rings (SSSR count). The summed E-state index contributed by atoms with van der Waals surface area (Å²) in [6.45, 7) is 1.05. The van der Waals surface area contributed by atoms with Crippen molar-refractivity contribution >= 4 is 28.5 Å². The molecule has 0 saturated carbocycles. The molecule has 2 aromatic rings. The summed E-state index contributed by atoms with van der Waals surface area (Å²) in [6, 6.07) is 7.63. The lowest BCUT2D eigenvalue weighted by Crippen LogP contribution is -2.21. The fraction of sp³-hybridized carbons (Fsp3) is 0.308. The average molecular weight is 268 g/mol. The van der Waals surface area contributed by atoms with Gasteiger partial charge in [-0.25, -0.2) is 0 Å². The number of fused-ring (bicyclic) bond motifs is 1. The normalized spacial score (nSPS) is 11.3. The molecule has 1 N–H and O–H groups in total. The molecule has 0 radical (unpaired) electrons. The molecule has 4 nitrogen and oxygen atoms in total. The van der Waals surface area contributed by atoms with E-state index in [-0.39, 0.29) is 6.42 Å².